The zero-order chi connectivity index (χ0) is 11.5. The van der Waals surface area contributed by atoms with Gasteiger partial charge in [0.1, 0.15) is 6.04 Å². The van der Waals surface area contributed by atoms with Crippen molar-refractivity contribution in [2.45, 2.75) is 18.9 Å². The highest BCUT2D eigenvalue weighted by molar-refractivity contribution is 5.95. The van der Waals surface area contributed by atoms with Crippen molar-refractivity contribution in [3.05, 3.63) is 24.2 Å². The van der Waals surface area contributed by atoms with E-state index in [0.29, 0.717) is 13.0 Å². The van der Waals surface area contributed by atoms with Gasteiger partial charge in [0.05, 0.1) is 12.8 Å². The summed E-state index contributed by atoms with van der Waals surface area (Å²) >= 11 is 0. The lowest BCUT2D eigenvalue weighted by molar-refractivity contribution is -0.141. The van der Waals surface area contributed by atoms with E-state index in [1.807, 2.05) is 0 Å². The number of hydrogen-bond acceptors (Lipinski definition) is 4. The number of carbonyl (C=O) groups excluding carboxylic acids is 1. The summed E-state index contributed by atoms with van der Waals surface area (Å²) < 4.78 is 4.98. The topological polar surface area (TPSA) is 70.8 Å². The normalized spacial score (nSPS) is 21.1. The van der Waals surface area contributed by atoms with Crippen molar-refractivity contribution in [2.75, 3.05) is 13.1 Å². The summed E-state index contributed by atoms with van der Waals surface area (Å²) in [7, 11) is 0. The molecule has 2 rings (SSSR count). The van der Waals surface area contributed by atoms with E-state index in [-0.39, 0.29) is 18.1 Å². The van der Waals surface area contributed by atoms with Crippen LogP contribution in [0.1, 0.15) is 23.4 Å². The Kier molecular flexibility index (Phi) is 3.05. The Morgan fingerprint density at radius 2 is 2.38 bits per heavy atom. The lowest BCUT2D eigenvalue weighted by Gasteiger charge is -2.19. The van der Waals surface area contributed by atoms with E-state index in [1.165, 1.54) is 6.26 Å². The van der Waals surface area contributed by atoms with Crippen LogP contribution in [0.4, 0.5) is 0 Å². The molecule has 1 aromatic heterocycles. The lowest BCUT2D eigenvalue weighted by atomic mass is 10.2. The molecule has 0 saturated carbocycles. The minimum Gasteiger partial charge on any atom is -0.480 e. The van der Waals surface area contributed by atoms with Crippen LogP contribution in [-0.2, 0) is 4.79 Å². The number of carbonyl (C=O) groups is 2. The summed E-state index contributed by atoms with van der Waals surface area (Å²) in [5, 5.41) is 8.95. The van der Waals surface area contributed by atoms with Crippen molar-refractivity contribution in [3.63, 3.8) is 0 Å². The van der Waals surface area contributed by atoms with Gasteiger partial charge in [0, 0.05) is 0 Å². The maximum Gasteiger partial charge on any atom is 0.320 e. The van der Waals surface area contributed by atoms with Crippen molar-refractivity contribution in [1.29, 1.82) is 0 Å². The largest absolute Gasteiger partial charge is 0.480 e. The van der Waals surface area contributed by atoms with Gasteiger partial charge in [-0.3, -0.25) is 14.5 Å². The van der Waals surface area contributed by atoms with Crippen LogP contribution in [0.5, 0.6) is 0 Å². The molecule has 0 bridgehead atoms. The van der Waals surface area contributed by atoms with Crippen LogP contribution in [0.25, 0.3) is 0 Å². The fourth-order valence-electron chi connectivity index (χ4n) is 1.99. The fourth-order valence-corrected chi connectivity index (χ4v) is 1.99. The highest BCUT2D eigenvalue weighted by Crippen LogP contribution is 2.17. The monoisotopic (exact) mass is 223 g/mol. The van der Waals surface area contributed by atoms with Gasteiger partial charge in [-0.1, -0.05) is 0 Å². The SMILES string of the molecule is O=C(CN1CCCC1C(=O)O)c1ccco1. The smallest absolute Gasteiger partial charge is 0.320 e. The molecule has 1 aromatic rings. The summed E-state index contributed by atoms with van der Waals surface area (Å²) in [6.45, 7) is 0.772. The molecule has 1 aliphatic rings. The second-order valence-corrected chi connectivity index (χ2v) is 3.87. The number of ketones is 1. The first-order chi connectivity index (χ1) is 7.68. The highest BCUT2D eigenvalue weighted by Gasteiger charge is 2.32. The molecule has 1 fully saturated rings. The van der Waals surface area contributed by atoms with Gasteiger partial charge in [-0.25, -0.2) is 0 Å². The first-order valence-corrected chi connectivity index (χ1v) is 5.22. The predicted molar refractivity (Wildman–Crippen MR) is 55.3 cm³/mol. The number of carboxylic acid groups (broad SMARTS) is 1. The minimum atomic E-state index is -0.857. The van der Waals surface area contributed by atoms with Crippen molar-refractivity contribution in [1.82, 2.24) is 4.90 Å². The van der Waals surface area contributed by atoms with E-state index in [4.69, 9.17) is 9.52 Å². The maximum absolute atomic E-state index is 11.7. The van der Waals surface area contributed by atoms with Gasteiger partial charge in [-0.15, -0.1) is 0 Å². The van der Waals surface area contributed by atoms with E-state index in [0.717, 1.165) is 6.42 Å². The second kappa shape index (κ2) is 4.49. The highest BCUT2D eigenvalue weighted by atomic mass is 16.4. The predicted octanol–water partition coefficient (Wildman–Crippen LogP) is 1.01. The summed E-state index contributed by atoms with van der Waals surface area (Å²) in [5.74, 6) is -0.737. The average molecular weight is 223 g/mol. The number of hydrogen-bond donors (Lipinski definition) is 1. The molecule has 2 heterocycles. The molecule has 1 aliphatic heterocycles. The lowest BCUT2D eigenvalue weighted by Crippen LogP contribution is -2.39. The molecular weight excluding hydrogens is 210 g/mol. The summed E-state index contributed by atoms with van der Waals surface area (Å²) in [6, 6.07) is 2.71. The van der Waals surface area contributed by atoms with Gasteiger partial charge in [-0.05, 0) is 31.5 Å². The van der Waals surface area contributed by atoms with Crippen LogP contribution in [0.2, 0.25) is 0 Å². The van der Waals surface area contributed by atoms with E-state index < -0.39 is 12.0 Å². The Bertz CT molecular complexity index is 385. The molecule has 0 radical (unpaired) electrons. The van der Waals surface area contributed by atoms with E-state index >= 15 is 0 Å². The van der Waals surface area contributed by atoms with Crippen molar-refractivity contribution in [3.8, 4) is 0 Å². The molecular formula is C11H13NO4. The van der Waals surface area contributed by atoms with Crippen LogP contribution >= 0.6 is 0 Å². The molecule has 1 N–H and O–H groups in total. The number of nitrogens with zero attached hydrogens (tertiary/aromatic N) is 1. The Hall–Kier alpha value is -1.62. The standard InChI is InChI=1S/C11H13NO4/c13-9(10-4-2-6-16-10)7-12-5-1-3-8(12)11(14)15/h2,4,6,8H,1,3,5,7H2,(H,14,15). The molecule has 0 aromatic carbocycles. The maximum atomic E-state index is 11.7. The first-order valence-electron chi connectivity index (χ1n) is 5.22. The van der Waals surface area contributed by atoms with Crippen LogP contribution in [0.15, 0.2) is 22.8 Å². The van der Waals surface area contributed by atoms with Crippen molar-refractivity contribution < 1.29 is 19.1 Å². The van der Waals surface area contributed by atoms with Crippen LogP contribution in [-0.4, -0.2) is 40.9 Å². The number of furan rings is 1. The third kappa shape index (κ3) is 2.14. The molecule has 5 nitrogen and oxygen atoms in total. The van der Waals surface area contributed by atoms with Gasteiger partial charge in [0.2, 0.25) is 5.78 Å². The van der Waals surface area contributed by atoms with Gasteiger partial charge < -0.3 is 9.52 Å². The third-order valence-electron chi connectivity index (χ3n) is 2.79. The minimum absolute atomic E-state index is 0.116. The molecule has 5 heteroatoms. The van der Waals surface area contributed by atoms with E-state index in [9.17, 15) is 9.59 Å². The Morgan fingerprint density at radius 3 is 3.00 bits per heavy atom. The average Bonchev–Trinajstić information content (AvgIpc) is 2.86. The molecule has 1 unspecified atom stereocenters. The number of Topliss-reactive ketones (excluding diaryl/α,β-unsaturated/α-hetero) is 1. The molecule has 0 amide bonds. The number of rotatable bonds is 4. The molecule has 86 valence electrons. The summed E-state index contributed by atoms with van der Waals surface area (Å²) in [6.07, 6.45) is 2.87. The van der Waals surface area contributed by atoms with Gasteiger partial charge in [0.15, 0.2) is 5.76 Å². The molecule has 0 spiro atoms. The van der Waals surface area contributed by atoms with Crippen LogP contribution in [0.3, 0.4) is 0 Å². The zero-order valence-electron chi connectivity index (χ0n) is 8.76. The first kappa shape index (κ1) is 10.9. The summed E-state index contributed by atoms with van der Waals surface area (Å²) in [5.41, 5.74) is 0. The summed E-state index contributed by atoms with van der Waals surface area (Å²) in [4.78, 5) is 24.3. The Balaban J connectivity index is 1.99. The molecule has 16 heavy (non-hydrogen) atoms. The van der Waals surface area contributed by atoms with Crippen molar-refractivity contribution >= 4 is 11.8 Å². The van der Waals surface area contributed by atoms with Gasteiger partial charge in [-0.2, -0.15) is 0 Å². The number of likely N-dealkylation sites (tertiary alicyclic amines) is 1. The van der Waals surface area contributed by atoms with Gasteiger partial charge in [0.25, 0.3) is 0 Å². The number of aliphatic carboxylic acids is 1. The Morgan fingerprint density at radius 1 is 1.56 bits per heavy atom. The van der Waals surface area contributed by atoms with E-state index in [1.54, 1.807) is 17.0 Å². The van der Waals surface area contributed by atoms with Crippen LogP contribution in [0, 0.1) is 0 Å². The quantitative estimate of drug-likeness (QED) is 0.771. The van der Waals surface area contributed by atoms with Crippen LogP contribution < -0.4 is 0 Å². The third-order valence-corrected chi connectivity index (χ3v) is 2.79. The molecule has 0 aliphatic carbocycles. The zero-order valence-corrected chi connectivity index (χ0v) is 8.76. The Labute approximate surface area is 92.7 Å². The number of carboxylic acids is 1. The molecule has 1 saturated heterocycles. The molecule has 1 atom stereocenters. The second-order valence-electron chi connectivity index (χ2n) is 3.87. The van der Waals surface area contributed by atoms with Gasteiger partial charge >= 0.3 is 5.97 Å². The fraction of sp³-hybridized carbons (Fsp3) is 0.455. The van der Waals surface area contributed by atoms with Crippen molar-refractivity contribution in [2.24, 2.45) is 0 Å². The van der Waals surface area contributed by atoms with E-state index in [2.05, 4.69) is 0 Å².